The van der Waals surface area contributed by atoms with Crippen LogP contribution in [0.15, 0.2) is 78.6 Å². The van der Waals surface area contributed by atoms with Crippen LogP contribution in [0.1, 0.15) is 131 Å². The fourth-order valence-electron chi connectivity index (χ4n) is 13.7. The minimum absolute atomic E-state index is 0.000330. The number of hydrogen-bond acceptors (Lipinski definition) is 24. The zero-order valence-electron chi connectivity index (χ0n) is 67.7. The molecular formula is C78H104ClN23O15S. The van der Waals surface area contributed by atoms with Crippen LogP contribution < -0.4 is 42.5 Å². The summed E-state index contributed by atoms with van der Waals surface area (Å²) in [6, 6.07) is 10.7. The number of rotatable bonds is 43. The van der Waals surface area contributed by atoms with Crippen LogP contribution in [-0.2, 0) is 82.8 Å². The van der Waals surface area contributed by atoms with Crippen LogP contribution in [0.4, 0.5) is 23.0 Å². The molecule has 38 nitrogen and oxygen atoms in total. The molecule has 8 N–H and O–H groups in total. The smallest absolute Gasteiger partial charge is 0.291 e. The number of aromatic nitrogens is 11. The number of thiophene rings is 1. The minimum atomic E-state index is -0.638. The van der Waals surface area contributed by atoms with E-state index in [9.17, 15) is 43.2 Å². The lowest BCUT2D eigenvalue weighted by atomic mass is 9.99. The van der Waals surface area contributed by atoms with Crippen molar-refractivity contribution in [2.24, 2.45) is 40.2 Å². The molecule has 2 saturated heterocycles. The maximum Gasteiger partial charge on any atom is 0.291 e. The number of nitrogens with zero attached hydrogens (tertiary/aromatic N) is 15. The van der Waals surface area contributed by atoms with Gasteiger partial charge in [0.1, 0.15) is 28.3 Å². The largest absolute Gasteiger partial charge is 0.378 e. The second-order valence-electron chi connectivity index (χ2n) is 28.6. The molecule has 0 bridgehead atoms. The first-order valence-corrected chi connectivity index (χ1v) is 40.4. The van der Waals surface area contributed by atoms with Crippen molar-refractivity contribution >= 4 is 105 Å². The highest BCUT2D eigenvalue weighted by molar-refractivity contribution is 7.15. The van der Waals surface area contributed by atoms with E-state index in [0.717, 1.165) is 78.8 Å². The van der Waals surface area contributed by atoms with Gasteiger partial charge >= 0.3 is 0 Å². The maximum atomic E-state index is 14.1. The van der Waals surface area contributed by atoms with Crippen LogP contribution in [0.3, 0.4) is 0 Å². The number of carbonyl (C=O) groups is 9. The number of amides is 9. The van der Waals surface area contributed by atoms with Gasteiger partial charge in [-0.25, -0.2) is 15.0 Å². The highest BCUT2D eigenvalue weighted by atomic mass is 35.5. The van der Waals surface area contributed by atoms with Crippen LogP contribution in [0.25, 0.3) is 5.00 Å². The summed E-state index contributed by atoms with van der Waals surface area (Å²) in [5.41, 5.74) is 5.07. The quantitative estimate of drug-likeness (QED) is 0.0252. The topological polar surface area (TPSA) is 421 Å². The number of aliphatic imine (C=N–C) groups is 1. The molecule has 40 heteroatoms. The Balaban J connectivity index is 0.448. The van der Waals surface area contributed by atoms with Crippen molar-refractivity contribution in [3.63, 3.8) is 0 Å². The Kier molecular flexibility index (Phi) is 32.1. The van der Waals surface area contributed by atoms with Gasteiger partial charge in [-0.1, -0.05) is 23.7 Å². The van der Waals surface area contributed by atoms with Gasteiger partial charge in [-0.05, 0) is 76.5 Å². The van der Waals surface area contributed by atoms with Crippen molar-refractivity contribution in [1.29, 1.82) is 0 Å². The molecular weight excluding hydrogens is 1570 g/mol. The van der Waals surface area contributed by atoms with Gasteiger partial charge in [0.2, 0.25) is 35.3 Å². The molecule has 2 fully saturated rings. The monoisotopic (exact) mass is 1670 g/mol. The first-order valence-electron chi connectivity index (χ1n) is 39.2. The van der Waals surface area contributed by atoms with E-state index in [1.807, 2.05) is 36.1 Å². The fourth-order valence-corrected chi connectivity index (χ4v) is 15.0. The average molecular weight is 1670 g/mol. The molecule has 1 atom stereocenters. The number of ether oxygens (including phenoxy) is 6. The summed E-state index contributed by atoms with van der Waals surface area (Å²) in [6.07, 6.45) is 11.2. The zero-order valence-corrected chi connectivity index (χ0v) is 69.3. The van der Waals surface area contributed by atoms with Crippen LogP contribution in [0.2, 0.25) is 5.02 Å². The minimum Gasteiger partial charge on any atom is -0.378 e. The molecule has 9 amide bonds. The molecule has 0 spiro atoms. The van der Waals surface area contributed by atoms with Gasteiger partial charge in [-0.15, -0.1) is 21.5 Å². The maximum absolute atomic E-state index is 14.1. The molecule has 8 aromatic rings. The number of aryl methyl sites for hydroxylation is 7. The van der Waals surface area contributed by atoms with Crippen molar-refractivity contribution in [2.45, 2.75) is 71.4 Å². The van der Waals surface area contributed by atoms with E-state index in [1.165, 1.54) is 60.1 Å². The molecule has 1 aromatic carbocycles. The van der Waals surface area contributed by atoms with Crippen LogP contribution in [0.5, 0.6) is 0 Å². The molecule has 118 heavy (non-hydrogen) atoms. The Hall–Kier alpha value is -10.9. The number of anilines is 4. The van der Waals surface area contributed by atoms with E-state index >= 15 is 0 Å². The van der Waals surface area contributed by atoms with E-state index in [0.29, 0.717) is 108 Å². The number of benzene rings is 1. The number of hydrogen-bond donors (Lipinski definition) is 8. The fraction of sp³-hybridized carbons (Fsp3) is 0.500. The molecule has 3 aliphatic rings. The second kappa shape index (κ2) is 43.0. The molecule has 634 valence electrons. The highest BCUT2D eigenvalue weighted by Crippen LogP contribution is 2.40. The van der Waals surface area contributed by atoms with E-state index < -0.39 is 47.4 Å². The number of imidazole rings is 3. The Morgan fingerprint density at radius 1 is 0.517 bits per heavy atom. The van der Waals surface area contributed by atoms with Crippen molar-refractivity contribution in [2.75, 3.05) is 173 Å². The van der Waals surface area contributed by atoms with E-state index in [2.05, 4.69) is 95.9 Å². The predicted molar refractivity (Wildman–Crippen MR) is 438 cm³/mol. The molecule has 11 rings (SSSR count). The Labute approximate surface area is 691 Å². The lowest BCUT2D eigenvalue weighted by molar-refractivity contribution is -0.134. The number of halogens is 1. The molecule has 0 aliphatic carbocycles. The third-order valence-electron chi connectivity index (χ3n) is 20.1. The molecule has 0 radical (unpaired) electrons. The number of piperazine rings is 1. The normalized spacial score (nSPS) is 14.4. The Bertz CT molecular complexity index is 4830. The van der Waals surface area contributed by atoms with Crippen molar-refractivity contribution in [3.8, 4) is 5.00 Å². The van der Waals surface area contributed by atoms with Gasteiger partial charge in [-0.3, -0.25) is 57.6 Å². The third-order valence-corrected chi connectivity index (χ3v) is 21.5. The molecule has 3 aliphatic heterocycles. The summed E-state index contributed by atoms with van der Waals surface area (Å²) in [4.78, 5) is 143. The summed E-state index contributed by atoms with van der Waals surface area (Å²) in [5.74, 6) is -2.06. The van der Waals surface area contributed by atoms with Gasteiger partial charge in [0.25, 0.3) is 29.5 Å². The number of likely N-dealkylation sites (tertiary alicyclic amines) is 1. The Morgan fingerprint density at radius 3 is 1.55 bits per heavy atom. The van der Waals surface area contributed by atoms with Crippen molar-refractivity contribution in [1.82, 2.24) is 88.5 Å². The average Bonchev–Trinajstić information content (AvgIpc) is 1.59. The van der Waals surface area contributed by atoms with E-state index in [1.54, 1.807) is 63.5 Å². The molecule has 7 aromatic heterocycles. The molecule has 0 saturated carbocycles. The first-order chi connectivity index (χ1) is 56.9. The molecule has 10 heterocycles. The van der Waals surface area contributed by atoms with Gasteiger partial charge in [0.05, 0.1) is 103 Å². The predicted octanol–water partition coefficient (Wildman–Crippen LogP) is 3.73. The standard InChI is InChI=1S/C78H104ClN23O15S/c1-50-51(2)118-78-67(50)68(53-9-11-54(79)12-10-53)87-58(69-93-92-52(3)102(69)78)45-66(106)101-28-26-100(27-29-101)57-16-23-99(24-17-57)30-32-113-34-36-115-38-40-117-42-41-116-39-37-114-35-33-112-31-22-80-63(103)13-18-84-75(109)71-90-61(48-97(71)7)88-64(104)14-19-83-74(108)60-44-56(47-96(60)6)86-77(111)72-91-62(49-98(72)8)89-65(105)15-20-82-73(107)59-43-55(46-95(59)5)85-76(110)70-81-21-25-94(70)4/h9-12,21,25,43-44,46-49,57-58H,13-20,22-24,26-42,45H2,1-8H3,(H,80,103)(H,82,107)(H,83,108)(H,84,109)(H,85,110)(H,86,111)(H,88,104)(H,89,105)/t58-/m0/s1. The summed E-state index contributed by atoms with van der Waals surface area (Å²) in [6.45, 7) is 17.5. The summed E-state index contributed by atoms with van der Waals surface area (Å²) in [5, 5.41) is 32.1. The van der Waals surface area contributed by atoms with E-state index in [4.69, 9.17) is 45.0 Å². The van der Waals surface area contributed by atoms with Gasteiger partial charge < -0.3 is 104 Å². The van der Waals surface area contributed by atoms with Gasteiger partial charge in [0.15, 0.2) is 23.3 Å². The number of piperidine rings is 1. The van der Waals surface area contributed by atoms with Crippen LogP contribution >= 0.6 is 22.9 Å². The summed E-state index contributed by atoms with van der Waals surface area (Å²) >= 11 is 8.01. The summed E-state index contributed by atoms with van der Waals surface area (Å²) in [7, 11) is 8.06. The Morgan fingerprint density at radius 2 is 1.02 bits per heavy atom. The van der Waals surface area contributed by atoms with Crippen molar-refractivity contribution in [3.05, 3.63) is 141 Å². The zero-order chi connectivity index (χ0) is 83.8. The van der Waals surface area contributed by atoms with Crippen LogP contribution in [0, 0.1) is 20.8 Å². The number of carbonyl (C=O) groups excluding carboxylic acids is 9. The highest BCUT2D eigenvalue weighted by Gasteiger charge is 2.36. The lowest BCUT2D eigenvalue weighted by Crippen LogP contribution is -2.54. The summed E-state index contributed by atoms with van der Waals surface area (Å²) < 4.78 is 43.4. The van der Waals surface area contributed by atoms with Gasteiger partial charge in [-0.2, -0.15) is 0 Å². The third kappa shape index (κ3) is 24.4. The van der Waals surface area contributed by atoms with Gasteiger partial charge in [0, 0.05) is 178 Å². The van der Waals surface area contributed by atoms with Crippen LogP contribution in [-0.4, -0.2) is 283 Å². The first kappa shape index (κ1) is 87.9. The molecule has 0 unspecified atom stereocenters. The SMILES string of the molecule is Cc1sc2c(c1C)C(c1ccc(Cl)cc1)=N[C@@H](CC(=O)N1CCN(C3CCN(CCOCCOCCOCCOCCOCCOCCNC(=O)CCNC(=O)c4nc(NC(=O)CCNC(=O)c5cc(NC(=O)c6nc(NC(=O)CCNC(=O)c7cc(NC(=O)c8nccn8C)cn7C)cn6C)cn5C)cn4C)CC3)CC1)c1nnc(C)n1-2. The number of nitrogens with one attached hydrogen (secondary N) is 8. The van der Waals surface area contributed by atoms with Crippen molar-refractivity contribution < 1.29 is 71.6 Å². The second-order valence-corrected chi connectivity index (χ2v) is 30.2. The number of fused-ring (bicyclic) bond motifs is 3. The van der Waals surface area contributed by atoms with E-state index in [-0.39, 0.29) is 116 Å². The lowest BCUT2D eigenvalue weighted by Gasteiger charge is -2.43.